The Labute approximate surface area is 114 Å². The third-order valence-corrected chi connectivity index (χ3v) is 2.85. The molecule has 88 valence electrons. The molecule has 0 aromatic heterocycles. The fourth-order valence-corrected chi connectivity index (χ4v) is 1.96. The molecule has 2 N–H and O–H groups in total. The van der Waals surface area contributed by atoms with Crippen LogP contribution in [0.4, 0.5) is 0 Å². The van der Waals surface area contributed by atoms with Gasteiger partial charge in [-0.15, -0.1) is 0 Å². The zero-order valence-corrected chi connectivity index (χ0v) is 9.46. The molecule has 0 aliphatic carbocycles. The Hall–Kier alpha value is 0.870. The molecule has 0 saturated carbocycles. The summed E-state index contributed by atoms with van der Waals surface area (Å²) in [6, 6.07) is 0. The van der Waals surface area contributed by atoms with Gasteiger partial charge in [-0.2, -0.15) is 8.42 Å². The average Bonchev–Trinajstić information content (AvgIpc) is 2.00. The Balaban J connectivity index is 0. The van der Waals surface area contributed by atoms with Crippen LogP contribution in [0, 0.1) is 0 Å². The van der Waals surface area contributed by atoms with Crippen LogP contribution in [0.15, 0.2) is 0 Å². The average molecular weight is 248 g/mol. The maximum absolute atomic E-state index is 10.4. The Morgan fingerprint density at radius 2 is 1.67 bits per heavy atom. The third kappa shape index (κ3) is 14.9. The van der Waals surface area contributed by atoms with Gasteiger partial charge in [-0.05, 0) is 6.42 Å². The summed E-state index contributed by atoms with van der Waals surface area (Å²) in [7, 11) is -4.02. The van der Waals surface area contributed by atoms with E-state index in [4.69, 9.17) is 4.55 Å². The van der Waals surface area contributed by atoms with E-state index in [2.05, 4.69) is 6.92 Å². The minimum absolute atomic E-state index is 0. The van der Waals surface area contributed by atoms with Crippen LogP contribution >= 0.6 is 0 Å². The molecule has 0 heterocycles. The zero-order valence-electron chi connectivity index (χ0n) is 8.65. The van der Waals surface area contributed by atoms with Crippen LogP contribution in [0.1, 0.15) is 45.4 Å². The van der Waals surface area contributed by atoms with Gasteiger partial charge in [-0.1, -0.05) is 39.0 Å². The molecule has 4 nitrogen and oxygen atoms in total. The first-order valence-electron chi connectivity index (χ1n) is 5.09. The van der Waals surface area contributed by atoms with Crippen LogP contribution in [0.25, 0.3) is 0 Å². The molecule has 0 aliphatic rings. The number of unbranched alkanes of at least 4 members (excludes halogenated alkanes) is 4. The van der Waals surface area contributed by atoms with Crippen LogP contribution in [-0.4, -0.2) is 59.5 Å². The molecule has 0 amide bonds. The topological polar surface area (TPSA) is 74.6 Å². The summed E-state index contributed by atoms with van der Waals surface area (Å²) in [5.74, 6) is -0.541. The van der Waals surface area contributed by atoms with E-state index < -0.39 is 22.0 Å². The van der Waals surface area contributed by atoms with Crippen LogP contribution in [0.3, 0.4) is 0 Å². The molecule has 0 aliphatic heterocycles. The van der Waals surface area contributed by atoms with Gasteiger partial charge in [0.05, 0.1) is 6.10 Å². The van der Waals surface area contributed by atoms with Crippen LogP contribution in [-0.2, 0) is 10.1 Å². The second-order valence-electron chi connectivity index (χ2n) is 3.61. The Morgan fingerprint density at radius 1 is 1.13 bits per heavy atom. The molecule has 1 atom stereocenters. The van der Waals surface area contributed by atoms with Gasteiger partial charge in [0.25, 0.3) is 10.1 Å². The predicted octanol–water partition coefficient (Wildman–Crippen LogP) is 0.947. The molecule has 15 heavy (non-hydrogen) atoms. The van der Waals surface area contributed by atoms with Gasteiger partial charge in [0.15, 0.2) is 0 Å². The Kier molecular flexibility index (Phi) is 12.2. The van der Waals surface area contributed by atoms with Crippen molar-refractivity contribution in [2.24, 2.45) is 0 Å². The minimum atomic E-state index is -4.02. The molecular formula is C9H21NaO4S. The predicted molar refractivity (Wildman–Crippen MR) is 62.9 cm³/mol. The van der Waals surface area contributed by atoms with E-state index in [1.165, 1.54) is 6.42 Å². The monoisotopic (exact) mass is 248 g/mol. The van der Waals surface area contributed by atoms with Crippen molar-refractivity contribution in [3.05, 3.63) is 0 Å². The molecule has 0 radical (unpaired) electrons. The van der Waals surface area contributed by atoms with E-state index >= 15 is 0 Å². The van der Waals surface area contributed by atoms with E-state index in [9.17, 15) is 13.5 Å². The maximum atomic E-state index is 10.4. The molecule has 0 aromatic rings. The summed E-state index contributed by atoms with van der Waals surface area (Å²) in [6.45, 7) is 2.12. The standard InChI is InChI=1S/C9H20O4S.Na.H/c1-2-3-4-5-6-7-9(10)8-14(11,12)13;;/h9-10H,2-8H2,1H3,(H,11,12,13);;. The van der Waals surface area contributed by atoms with E-state index in [1.807, 2.05) is 0 Å². The van der Waals surface area contributed by atoms with Crippen molar-refractivity contribution in [2.75, 3.05) is 5.75 Å². The SMILES string of the molecule is CCCCCCCC(O)CS(=O)(=O)O.[NaH]. The van der Waals surface area contributed by atoms with Crippen molar-refractivity contribution in [1.29, 1.82) is 0 Å². The number of hydrogen-bond donors (Lipinski definition) is 2. The van der Waals surface area contributed by atoms with Crippen molar-refractivity contribution >= 4 is 39.7 Å². The summed E-state index contributed by atoms with van der Waals surface area (Å²) >= 11 is 0. The van der Waals surface area contributed by atoms with Gasteiger partial charge < -0.3 is 5.11 Å². The van der Waals surface area contributed by atoms with Gasteiger partial charge in [-0.25, -0.2) is 0 Å². The first kappa shape index (κ1) is 18.2. The summed E-state index contributed by atoms with van der Waals surface area (Å²) < 4.78 is 29.2. The molecule has 0 fully saturated rings. The second kappa shape index (κ2) is 10.1. The molecule has 0 saturated heterocycles. The molecule has 0 spiro atoms. The van der Waals surface area contributed by atoms with Gasteiger partial charge in [-0.3, -0.25) is 4.55 Å². The molecule has 6 heteroatoms. The molecule has 0 rings (SSSR count). The van der Waals surface area contributed by atoms with Crippen molar-refractivity contribution in [3.8, 4) is 0 Å². The van der Waals surface area contributed by atoms with Crippen LogP contribution < -0.4 is 0 Å². The number of aliphatic hydroxyl groups is 1. The first-order valence-corrected chi connectivity index (χ1v) is 6.70. The number of aliphatic hydroxyl groups excluding tert-OH is 1. The molecular weight excluding hydrogens is 227 g/mol. The van der Waals surface area contributed by atoms with E-state index in [1.54, 1.807) is 0 Å². The number of hydrogen-bond acceptors (Lipinski definition) is 3. The summed E-state index contributed by atoms with van der Waals surface area (Å²) in [4.78, 5) is 0. The second-order valence-corrected chi connectivity index (χ2v) is 5.10. The summed E-state index contributed by atoms with van der Waals surface area (Å²) in [5.41, 5.74) is 0. The van der Waals surface area contributed by atoms with Gasteiger partial charge in [0.2, 0.25) is 0 Å². The first-order chi connectivity index (χ1) is 6.45. The Morgan fingerprint density at radius 3 is 2.13 bits per heavy atom. The normalized spacial score (nSPS) is 13.3. The van der Waals surface area contributed by atoms with Crippen LogP contribution in [0.5, 0.6) is 0 Å². The van der Waals surface area contributed by atoms with E-state index in [0.717, 1.165) is 25.7 Å². The van der Waals surface area contributed by atoms with E-state index in [0.29, 0.717) is 6.42 Å². The van der Waals surface area contributed by atoms with Crippen molar-refractivity contribution in [2.45, 2.75) is 51.6 Å². The van der Waals surface area contributed by atoms with Crippen molar-refractivity contribution in [3.63, 3.8) is 0 Å². The van der Waals surface area contributed by atoms with Gasteiger partial charge in [0, 0.05) is 0 Å². The zero-order chi connectivity index (χ0) is 11.0. The molecule has 0 aromatic carbocycles. The summed E-state index contributed by atoms with van der Waals surface area (Å²) in [6.07, 6.45) is 4.81. The summed E-state index contributed by atoms with van der Waals surface area (Å²) in [5, 5.41) is 9.20. The number of rotatable bonds is 8. The van der Waals surface area contributed by atoms with Crippen molar-refractivity contribution < 1.29 is 18.1 Å². The Bertz CT molecular complexity index is 228. The van der Waals surface area contributed by atoms with Crippen molar-refractivity contribution in [1.82, 2.24) is 0 Å². The van der Waals surface area contributed by atoms with Gasteiger partial charge in [0.1, 0.15) is 5.75 Å². The van der Waals surface area contributed by atoms with Gasteiger partial charge >= 0.3 is 29.6 Å². The molecule has 0 bridgehead atoms. The third-order valence-electron chi connectivity index (χ3n) is 2.04. The fourth-order valence-electron chi connectivity index (χ4n) is 1.31. The molecule has 1 unspecified atom stereocenters. The quantitative estimate of drug-likeness (QED) is 0.381. The van der Waals surface area contributed by atoms with E-state index in [-0.39, 0.29) is 29.6 Å². The fraction of sp³-hybridized carbons (Fsp3) is 1.00. The van der Waals surface area contributed by atoms with Crippen LogP contribution in [0.2, 0.25) is 0 Å².